The molecule has 0 aliphatic heterocycles. The van der Waals surface area contributed by atoms with Crippen LogP contribution in [-0.4, -0.2) is 26.8 Å². The van der Waals surface area contributed by atoms with Gasteiger partial charge >= 0.3 is 0 Å². The van der Waals surface area contributed by atoms with Gasteiger partial charge in [0.25, 0.3) is 0 Å². The molecule has 0 heterocycles. The van der Waals surface area contributed by atoms with E-state index in [-0.39, 0.29) is 5.75 Å². The van der Waals surface area contributed by atoms with E-state index in [0.29, 0.717) is 33.6 Å². The van der Waals surface area contributed by atoms with Crippen molar-refractivity contribution in [2.75, 3.05) is 17.0 Å². The molecule has 0 unspecified atom stereocenters. The van der Waals surface area contributed by atoms with E-state index in [4.69, 9.17) is 0 Å². The standard InChI is InChI=1S/C12H17Br3N2O2S/c1-8(2)16-4-3-5-20(18,19)17-12-10(14)6-9(13)7-11(12)15/h6-8,16-17H,3-5H2,1-2H3. The smallest absolute Gasteiger partial charge is 0.232 e. The molecule has 8 heteroatoms. The maximum Gasteiger partial charge on any atom is 0.232 e. The molecule has 114 valence electrons. The van der Waals surface area contributed by atoms with E-state index in [0.717, 1.165) is 4.47 Å². The molecular weight excluding hydrogens is 476 g/mol. The number of halogens is 3. The molecule has 0 aromatic heterocycles. The average Bonchev–Trinajstić information content (AvgIpc) is 2.29. The van der Waals surface area contributed by atoms with Crippen molar-refractivity contribution < 1.29 is 8.42 Å². The Morgan fingerprint density at radius 3 is 2.20 bits per heavy atom. The number of hydrogen-bond acceptors (Lipinski definition) is 3. The number of nitrogens with one attached hydrogen (secondary N) is 2. The molecule has 0 fully saturated rings. The van der Waals surface area contributed by atoms with Crippen LogP contribution in [0.4, 0.5) is 5.69 Å². The number of benzene rings is 1. The maximum atomic E-state index is 12.0. The molecular formula is C12H17Br3N2O2S. The van der Waals surface area contributed by atoms with Crippen LogP contribution in [0.15, 0.2) is 25.6 Å². The molecule has 0 saturated heterocycles. The zero-order valence-corrected chi connectivity index (χ0v) is 16.8. The highest BCUT2D eigenvalue weighted by atomic mass is 79.9. The summed E-state index contributed by atoms with van der Waals surface area (Å²) < 4.78 is 28.9. The van der Waals surface area contributed by atoms with Crippen molar-refractivity contribution in [1.29, 1.82) is 0 Å². The molecule has 2 N–H and O–H groups in total. The minimum atomic E-state index is -3.36. The second-order valence-electron chi connectivity index (χ2n) is 4.63. The van der Waals surface area contributed by atoms with Gasteiger partial charge in [0.05, 0.1) is 11.4 Å². The molecule has 0 amide bonds. The van der Waals surface area contributed by atoms with E-state index in [1.807, 2.05) is 13.8 Å². The Balaban J connectivity index is 2.67. The van der Waals surface area contributed by atoms with Crippen molar-refractivity contribution in [3.05, 3.63) is 25.6 Å². The van der Waals surface area contributed by atoms with Crippen LogP contribution in [0.5, 0.6) is 0 Å². The molecule has 4 nitrogen and oxygen atoms in total. The first kappa shape index (κ1) is 18.4. The van der Waals surface area contributed by atoms with E-state index in [9.17, 15) is 8.42 Å². The van der Waals surface area contributed by atoms with Gasteiger partial charge in [0, 0.05) is 19.5 Å². The molecule has 0 radical (unpaired) electrons. The lowest BCUT2D eigenvalue weighted by molar-refractivity contribution is 0.571. The van der Waals surface area contributed by atoms with Gasteiger partial charge in [-0.15, -0.1) is 0 Å². The van der Waals surface area contributed by atoms with Crippen LogP contribution in [-0.2, 0) is 10.0 Å². The maximum absolute atomic E-state index is 12.0. The van der Waals surface area contributed by atoms with Crippen molar-refractivity contribution in [2.24, 2.45) is 0 Å². The lowest BCUT2D eigenvalue weighted by atomic mass is 10.3. The summed E-state index contributed by atoms with van der Waals surface area (Å²) in [4.78, 5) is 0. The van der Waals surface area contributed by atoms with Crippen LogP contribution in [0.2, 0.25) is 0 Å². The van der Waals surface area contributed by atoms with Gasteiger partial charge < -0.3 is 5.32 Å². The molecule has 20 heavy (non-hydrogen) atoms. The zero-order chi connectivity index (χ0) is 15.3. The zero-order valence-electron chi connectivity index (χ0n) is 11.2. The molecule has 1 aromatic carbocycles. The summed E-state index contributed by atoms with van der Waals surface area (Å²) in [6.07, 6.45) is 0.569. The molecule has 1 aromatic rings. The van der Waals surface area contributed by atoms with Crippen molar-refractivity contribution >= 4 is 63.5 Å². The minimum Gasteiger partial charge on any atom is -0.314 e. The van der Waals surface area contributed by atoms with E-state index >= 15 is 0 Å². The fourth-order valence-corrected chi connectivity index (χ4v) is 5.38. The van der Waals surface area contributed by atoms with Gasteiger partial charge in [-0.3, -0.25) is 4.72 Å². The van der Waals surface area contributed by atoms with Crippen LogP contribution in [0.1, 0.15) is 20.3 Å². The highest BCUT2D eigenvalue weighted by Crippen LogP contribution is 2.34. The van der Waals surface area contributed by atoms with Gasteiger partial charge in [-0.05, 0) is 57.0 Å². The number of rotatable bonds is 7. The summed E-state index contributed by atoms with van der Waals surface area (Å²) >= 11 is 10.1. The van der Waals surface area contributed by atoms with Gasteiger partial charge in [0.2, 0.25) is 10.0 Å². The lowest BCUT2D eigenvalue weighted by Crippen LogP contribution is -2.26. The second kappa shape index (κ2) is 8.12. The van der Waals surface area contributed by atoms with Gasteiger partial charge in [0.15, 0.2) is 0 Å². The molecule has 0 bridgehead atoms. The Bertz CT molecular complexity index is 539. The van der Waals surface area contributed by atoms with Crippen molar-refractivity contribution in [3.8, 4) is 0 Å². The Kier molecular flexibility index (Phi) is 7.48. The highest BCUT2D eigenvalue weighted by Gasteiger charge is 2.15. The normalized spacial score (nSPS) is 11.9. The van der Waals surface area contributed by atoms with Gasteiger partial charge in [-0.1, -0.05) is 29.8 Å². The van der Waals surface area contributed by atoms with Gasteiger partial charge in [0.1, 0.15) is 0 Å². The van der Waals surface area contributed by atoms with Crippen molar-refractivity contribution in [3.63, 3.8) is 0 Å². The molecule has 1 rings (SSSR count). The van der Waals surface area contributed by atoms with E-state index in [2.05, 4.69) is 57.8 Å². The predicted octanol–water partition coefficient (Wildman–Crippen LogP) is 4.10. The monoisotopic (exact) mass is 490 g/mol. The Hall–Kier alpha value is 0.370. The van der Waals surface area contributed by atoms with Gasteiger partial charge in [-0.25, -0.2) is 8.42 Å². The summed E-state index contributed by atoms with van der Waals surface area (Å²) in [5.74, 6) is 0.0850. The molecule has 0 aliphatic rings. The summed E-state index contributed by atoms with van der Waals surface area (Å²) in [6.45, 7) is 4.74. The average molecular weight is 493 g/mol. The first-order chi connectivity index (χ1) is 9.21. The Morgan fingerprint density at radius 1 is 1.15 bits per heavy atom. The summed E-state index contributed by atoms with van der Waals surface area (Å²) in [5.41, 5.74) is 0.519. The van der Waals surface area contributed by atoms with Crippen LogP contribution in [0, 0.1) is 0 Å². The molecule has 0 aliphatic carbocycles. The Labute approximate surface area is 145 Å². The Morgan fingerprint density at radius 2 is 1.70 bits per heavy atom. The SMILES string of the molecule is CC(C)NCCCS(=O)(=O)Nc1c(Br)cc(Br)cc1Br. The lowest BCUT2D eigenvalue weighted by Gasteiger charge is -2.13. The fraction of sp³-hybridized carbons (Fsp3) is 0.500. The molecule has 0 atom stereocenters. The van der Waals surface area contributed by atoms with Crippen molar-refractivity contribution in [1.82, 2.24) is 5.32 Å². The third kappa shape index (κ3) is 6.43. The number of hydrogen-bond donors (Lipinski definition) is 2. The van der Waals surface area contributed by atoms with Crippen molar-refractivity contribution in [2.45, 2.75) is 26.3 Å². The third-order valence-corrected chi connectivity index (χ3v) is 5.46. The fourth-order valence-electron chi connectivity index (χ4n) is 1.50. The predicted molar refractivity (Wildman–Crippen MR) is 94.7 cm³/mol. The second-order valence-corrected chi connectivity index (χ2v) is 9.09. The molecule has 0 spiro atoms. The number of sulfonamides is 1. The van der Waals surface area contributed by atoms with E-state index in [1.165, 1.54) is 0 Å². The minimum absolute atomic E-state index is 0.0850. The summed E-state index contributed by atoms with van der Waals surface area (Å²) in [7, 11) is -3.36. The third-order valence-electron chi connectivity index (χ3n) is 2.41. The van der Waals surface area contributed by atoms with Gasteiger partial charge in [-0.2, -0.15) is 0 Å². The van der Waals surface area contributed by atoms with Crippen LogP contribution in [0.25, 0.3) is 0 Å². The topological polar surface area (TPSA) is 58.2 Å². The van der Waals surface area contributed by atoms with Crippen LogP contribution >= 0.6 is 47.8 Å². The molecule has 0 saturated carbocycles. The number of anilines is 1. The highest BCUT2D eigenvalue weighted by molar-refractivity contribution is 9.11. The summed E-state index contributed by atoms with van der Waals surface area (Å²) in [6, 6.07) is 3.95. The first-order valence-electron chi connectivity index (χ1n) is 6.09. The van der Waals surface area contributed by atoms with E-state index in [1.54, 1.807) is 12.1 Å². The first-order valence-corrected chi connectivity index (χ1v) is 10.1. The van der Waals surface area contributed by atoms with Crippen LogP contribution < -0.4 is 10.0 Å². The largest absolute Gasteiger partial charge is 0.314 e. The summed E-state index contributed by atoms with van der Waals surface area (Å²) in [5, 5.41) is 3.20. The van der Waals surface area contributed by atoms with E-state index < -0.39 is 10.0 Å². The van der Waals surface area contributed by atoms with Crippen LogP contribution in [0.3, 0.4) is 0 Å². The quantitative estimate of drug-likeness (QED) is 0.563.